The van der Waals surface area contributed by atoms with Crippen LogP contribution in [0.2, 0.25) is 0 Å². The highest BCUT2D eigenvalue weighted by molar-refractivity contribution is 7.99. The number of nitrogens with one attached hydrogen (secondary N) is 1. The Morgan fingerprint density at radius 1 is 1.19 bits per heavy atom. The van der Waals surface area contributed by atoms with E-state index in [1.165, 1.54) is 11.1 Å². The topological polar surface area (TPSA) is 72.9 Å². The van der Waals surface area contributed by atoms with Gasteiger partial charge in [0.25, 0.3) is 0 Å². The second-order valence-electron chi connectivity index (χ2n) is 8.84. The van der Waals surface area contributed by atoms with Crippen molar-refractivity contribution in [3.63, 3.8) is 0 Å². The third kappa shape index (κ3) is 6.70. The van der Waals surface area contributed by atoms with E-state index in [-0.39, 0.29) is 10.7 Å². The number of rotatable bonds is 6. The summed E-state index contributed by atoms with van der Waals surface area (Å²) < 4.78 is 2.08. The van der Waals surface area contributed by atoms with Crippen LogP contribution < -0.4 is 11.1 Å². The van der Waals surface area contributed by atoms with Gasteiger partial charge in [-0.25, -0.2) is 0 Å². The van der Waals surface area contributed by atoms with Crippen molar-refractivity contribution in [3.05, 3.63) is 47.3 Å². The number of hydrogen-bond donors (Lipinski definition) is 2. The largest absolute Gasteiger partial charge is 0.326 e. The third-order valence-electron chi connectivity index (χ3n) is 4.06. The van der Waals surface area contributed by atoms with E-state index in [1.807, 2.05) is 55.7 Å². The van der Waals surface area contributed by atoms with Gasteiger partial charge in [0.2, 0.25) is 5.91 Å². The van der Waals surface area contributed by atoms with Gasteiger partial charge in [-0.05, 0) is 23.3 Å². The number of amides is 1. The molecule has 1 heterocycles. The van der Waals surface area contributed by atoms with Crippen LogP contribution in [0.5, 0.6) is 0 Å². The molecule has 0 saturated heterocycles. The molecule has 0 atom stereocenters. The number of carbonyl (C=O) groups is 1. The zero-order chi connectivity index (χ0) is 20.2. The highest BCUT2D eigenvalue weighted by Gasteiger charge is 2.21. The van der Waals surface area contributed by atoms with E-state index >= 15 is 0 Å². The highest BCUT2D eigenvalue weighted by atomic mass is 32.2. The van der Waals surface area contributed by atoms with Crippen LogP contribution in [0.1, 0.15) is 58.2 Å². The van der Waals surface area contributed by atoms with Crippen LogP contribution in [-0.4, -0.2) is 20.4 Å². The van der Waals surface area contributed by atoms with Crippen LogP contribution in [0.25, 0.3) is 0 Å². The molecular formula is C21H32N4OS. The van der Waals surface area contributed by atoms with Gasteiger partial charge in [0.1, 0.15) is 0 Å². The van der Waals surface area contributed by atoms with Gasteiger partial charge in [-0.1, -0.05) is 47.6 Å². The average Bonchev–Trinajstić information content (AvgIpc) is 3.01. The lowest BCUT2D eigenvalue weighted by atomic mass is 9.95. The molecule has 0 spiro atoms. The number of aromatic nitrogens is 2. The molecule has 0 unspecified atom stereocenters. The first-order valence-corrected chi connectivity index (χ1v) is 10.2. The number of nitrogens with two attached hydrogens (primary N) is 1. The van der Waals surface area contributed by atoms with Gasteiger partial charge < -0.3 is 11.1 Å². The van der Waals surface area contributed by atoms with Crippen molar-refractivity contribution in [1.82, 2.24) is 9.78 Å². The van der Waals surface area contributed by atoms with Crippen LogP contribution in [0.4, 0.5) is 5.69 Å². The summed E-state index contributed by atoms with van der Waals surface area (Å²) in [5.74, 6) is 0.896. The minimum atomic E-state index is -0.424. The fraction of sp³-hybridized carbons (Fsp3) is 0.524. The fourth-order valence-corrected chi connectivity index (χ4v) is 3.24. The average molecular weight is 389 g/mol. The molecule has 2 aromatic rings. The van der Waals surface area contributed by atoms with E-state index in [2.05, 4.69) is 43.3 Å². The van der Waals surface area contributed by atoms with Crippen LogP contribution >= 0.6 is 11.8 Å². The number of anilines is 1. The molecule has 1 aromatic heterocycles. The lowest BCUT2D eigenvalue weighted by Gasteiger charge is -2.21. The fourth-order valence-electron chi connectivity index (χ4n) is 2.38. The molecule has 148 valence electrons. The summed E-state index contributed by atoms with van der Waals surface area (Å²) in [6.07, 6.45) is 3.79. The van der Waals surface area contributed by atoms with Crippen molar-refractivity contribution < 1.29 is 4.79 Å². The van der Waals surface area contributed by atoms with Crippen LogP contribution in [-0.2, 0) is 23.6 Å². The minimum Gasteiger partial charge on any atom is -0.326 e. The lowest BCUT2D eigenvalue weighted by molar-refractivity contribution is -0.123. The molecule has 2 rings (SSSR count). The molecule has 5 nitrogen and oxygen atoms in total. The number of carbonyl (C=O) groups excluding carboxylic acids is 1. The monoisotopic (exact) mass is 388 g/mol. The van der Waals surface area contributed by atoms with Gasteiger partial charge >= 0.3 is 0 Å². The lowest BCUT2D eigenvalue weighted by Crippen LogP contribution is -2.27. The quantitative estimate of drug-likeness (QED) is 0.769. The Labute approximate surface area is 167 Å². The predicted molar refractivity (Wildman–Crippen MR) is 115 cm³/mol. The van der Waals surface area contributed by atoms with Crippen molar-refractivity contribution in [2.45, 2.75) is 65.1 Å². The number of nitrogens with zero attached hydrogens (tertiary/aromatic N) is 2. The zero-order valence-corrected chi connectivity index (χ0v) is 18.1. The first kappa shape index (κ1) is 21.5. The summed E-state index contributed by atoms with van der Waals surface area (Å²) in [6.45, 7) is 13.6. The summed E-state index contributed by atoms with van der Waals surface area (Å²) in [7, 11) is 0. The highest BCUT2D eigenvalue weighted by Crippen LogP contribution is 2.30. The Morgan fingerprint density at radius 2 is 1.89 bits per heavy atom. The first-order chi connectivity index (χ1) is 12.5. The van der Waals surface area contributed by atoms with Gasteiger partial charge in [0.05, 0.1) is 12.7 Å². The van der Waals surface area contributed by atoms with Gasteiger partial charge in [-0.15, -0.1) is 0 Å². The minimum absolute atomic E-state index is 0.0179. The van der Waals surface area contributed by atoms with Gasteiger partial charge in [-0.2, -0.15) is 16.9 Å². The van der Waals surface area contributed by atoms with E-state index in [4.69, 9.17) is 5.73 Å². The molecule has 1 aromatic carbocycles. The summed E-state index contributed by atoms with van der Waals surface area (Å²) in [6, 6.07) is 6.14. The van der Waals surface area contributed by atoms with E-state index in [1.54, 1.807) is 0 Å². The molecule has 0 saturated carbocycles. The maximum Gasteiger partial charge on any atom is 0.229 e. The van der Waals surface area contributed by atoms with Gasteiger partial charge in [-0.3, -0.25) is 9.48 Å². The normalized spacial score (nSPS) is 12.3. The summed E-state index contributed by atoms with van der Waals surface area (Å²) in [4.78, 5) is 12.3. The van der Waals surface area contributed by atoms with Gasteiger partial charge in [0.15, 0.2) is 0 Å². The molecule has 1 amide bonds. The Hall–Kier alpha value is -1.79. The molecule has 0 bridgehead atoms. The Balaban J connectivity index is 2.26. The Kier molecular flexibility index (Phi) is 6.76. The summed E-state index contributed by atoms with van der Waals surface area (Å²) in [5.41, 5.74) is 9.54. The summed E-state index contributed by atoms with van der Waals surface area (Å²) in [5, 5.41) is 7.43. The van der Waals surface area contributed by atoms with Crippen LogP contribution in [0.15, 0.2) is 30.6 Å². The standard InChI is InChI=1S/C21H32N4OS/c1-20(2,3)19(26)24-18-8-7-16(13-25-12-15(10-22)11-23-25)17(9-18)14-27-21(4,5)6/h7-9,11-12H,10,13-14,22H2,1-6H3,(H,24,26). The van der Waals surface area contributed by atoms with Crippen LogP contribution in [0.3, 0.4) is 0 Å². The SMILES string of the molecule is CC(C)(C)SCc1cc(NC(=O)C(C)(C)C)ccc1Cn1cc(CN)cn1. The predicted octanol–water partition coefficient (Wildman–Crippen LogP) is 4.41. The van der Waals surface area contributed by atoms with Crippen LogP contribution in [0, 0.1) is 5.41 Å². The van der Waals surface area contributed by atoms with E-state index < -0.39 is 5.41 Å². The van der Waals surface area contributed by atoms with Crippen molar-refractivity contribution in [2.75, 3.05) is 5.32 Å². The van der Waals surface area contributed by atoms with E-state index in [0.29, 0.717) is 13.1 Å². The number of benzene rings is 1. The molecule has 0 aliphatic heterocycles. The molecule has 3 N–H and O–H groups in total. The van der Waals surface area contributed by atoms with Crippen molar-refractivity contribution in [1.29, 1.82) is 0 Å². The number of thioether (sulfide) groups is 1. The molecule has 0 aliphatic rings. The van der Waals surface area contributed by atoms with E-state index in [9.17, 15) is 4.79 Å². The second-order valence-corrected chi connectivity index (χ2v) is 10.6. The Bertz CT molecular complexity index is 784. The zero-order valence-electron chi connectivity index (χ0n) is 17.3. The third-order valence-corrected chi connectivity index (χ3v) is 5.38. The smallest absolute Gasteiger partial charge is 0.229 e. The second kappa shape index (κ2) is 8.48. The first-order valence-electron chi connectivity index (χ1n) is 9.26. The Morgan fingerprint density at radius 3 is 2.44 bits per heavy atom. The number of hydrogen-bond acceptors (Lipinski definition) is 4. The maximum atomic E-state index is 12.3. The van der Waals surface area contributed by atoms with Crippen molar-refractivity contribution >= 4 is 23.4 Å². The summed E-state index contributed by atoms with van der Waals surface area (Å²) >= 11 is 1.89. The van der Waals surface area contributed by atoms with Gasteiger partial charge in [0, 0.05) is 39.9 Å². The van der Waals surface area contributed by atoms with Crippen molar-refractivity contribution in [3.8, 4) is 0 Å². The maximum absolute atomic E-state index is 12.3. The molecule has 6 heteroatoms. The van der Waals surface area contributed by atoms with Crippen molar-refractivity contribution in [2.24, 2.45) is 11.1 Å². The molecular weight excluding hydrogens is 356 g/mol. The molecule has 27 heavy (non-hydrogen) atoms. The molecule has 0 fully saturated rings. The van der Waals surface area contributed by atoms with E-state index in [0.717, 1.165) is 17.0 Å². The molecule has 0 aliphatic carbocycles. The molecule has 0 radical (unpaired) electrons.